The molecule has 1 aromatic rings. The Morgan fingerprint density at radius 1 is 1.13 bits per heavy atom. The van der Waals surface area contributed by atoms with Crippen LogP contribution in [0.2, 0.25) is 0 Å². The molecular weight excluding hydrogens is 203 g/mol. The van der Waals surface area contributed by atoms with Crippen molar-refractivity contribution in [3.63, 3.8) is 0 Å². The van der Waals surface area contributed by atoms with Crippen molar-refractivity contribution in [2.75, 3.05) is 5.32 Å². The van der Waals surface area contributed by atoms with Crippen LogP contribution in [0, 0.1) is 0 Å². The summed E-state index contributed by atoms with van der Waals surface area (Å²) in [4.78, 5) is 0. The summed E-state index contributed by atoms with van der Waals surface area (Å²) in [5.74, 6) is 0. The minimum atomic E-state index is -4.25. The van der Waals surface area contributed by atoms with E-state index in [1.807, 2.05) is 0 Å². The van der Waals surface area contributed by atoms with Gasteiger partial charge in [-0.1, -0.05) is 0 Å². The van der Waals surface area contributed by atoms with Crippen LogP contribution >= 0.6 is 0 Å². The van der Waals surface area contributed by atoms with Crippen molar-refractivity contribution in [3.8, 4) is 0 Å². The first-order valence-electron chi connectivity index (χ1n) is 4.85. The van der Waals surface area contributed by atoms with Gasteiger partial charge >= 0.3 is 6.18 Å². The van der Waals surface area contributed by atoms with E-state index in [-0.39, 0.29) is 5.54 Å². The lowest BCUT2D eigenvalue weighted by Crippen LogP contribution is -2.15. The fourth-order valence-corrected chi connectivity index (χ4v) is 1.40. The van der Waals surface area contributed by atoms with E-state index in [9.17, 15) is 13.2 Å². The molecule has 1 aromatic carbocycles. The first-order chi connectivity index (χ1) is 6.89. The maximum absolute atomic E-state index is 12.2. The van der Waals surface area contributed by atoms with Gasteiger partial charge in [0.2, 0.25) is 0 Å². The minimum Gasteiger partial charge on any atom is -0.380 e. The number of hydrogen-bond acceptors (Lipinski definition) is 1. The van der Waals surface area contributed by atoms with Crippen LogP contribution in [0.15, 0.2) is 24.3 Å². The molecule has 0 amide bonds. The van der Waals surface area contributed by atoms with Gasteiger partial charge in [-0.05, 0) is 44.0 Å². The van der Waals surface area contributed by atoms with Crippen LogP contribution < -0.4 is 5.32 Å². The summed E-state index contributed by atoms with van der Waals surface area (Å²) in [6.45, 7) is 2.06. The Morgan fingerprint density at radius 2 is 1.67 bits per heavy atom. The Kier molecular flexibility index (Phi) is 2.17. The van der Waals surface area contributed by atoms with E-state index in [0.29, 0.717) is 0 Å². The van der Waals surface area contributed by atoms with Gasteiger partial charge in [0.15, 0.2) is 0 Å². The van der Waals surface area contributed by atoms with Gasteiger partial charge < -0.3 is 5.32 Å². The average molecular weight is 215 g/mol. The summed E-state index contributed by atoms with van der Waals surface area (Å²) < 4.78 is 36.7. The molecule has 1 nitrogen and oxygen atoms in total. The fourth-order valence-electron chi connectivity index (χ4n) is 1.40. The van der Waals surface area contributed by atoms with Crippen molar-refractivity contribution in [2.24, 2.45) is 0 Å². The van der Waals surface area contributed by atoms with Crippen molar-refractivity contribution >= 4 is 5.69 Å². The summed E-state index contributed by atoms with van der Waals surface area (Å²) in [5.41, 5.74) is 0.247. The lowest BCUT2D eigenvalue weighted by atomic mass is 10.2. The van der Waals surface area contributed by atoms with Crippen LogP contribution in [0.5, 0.6) is 0 Å². The Bertz CT molecular complexity index is 349. The number of nitrogens with one attached hydrogen (secondary N) is 1. The van der Waals surface area contributed by atoms with E-state index in [2.05, 4.69) is 12.2 Å². The molecule has 0 saturated heterocycles. The van der Waals surface area contributed by atoms with E-state index < -0.39 is 11.7 Å². The summed E-state index contributed by atoms with van der Waals surface area (Å²) in [6.07, 6.45) is -2.09. The molecular formula is C11H12F3N. The molecule has 0 aliphatic heterocycles. The summed E-state index contributed by atoms with van der Waals surface area (Å²) in [5, 5.41) is 3.20. The second kappa shape index (κ2) is 3.15. The van der Waals surface area contributed by atoms with E-state index >= 15 is 0 Å². The molecule has 0 aromatic heterocycles. The van der Waals surface area contributed by atoms with Gasteiger partial charge in [-0.15, -0.1) is 0 Å². The molecule has 0 radical (unpaired) electrons. The molecule has 1 fully saturated rings. The fraction of sp³-hybridized carbons (Fsp3) is 0.455. The molecule has 2 rings (SSSR count). The molecule has 0 bridgehead atoms. The van der Waals surface area contributed by atoms with Crippen molar-refractivity contribution in [1.29, 1.82) is 0 Å². The predicted molar refractivity (Wildman–Crippen MR) is 52.7 cm³/mol. The smallest absolute Gasteiger partial charge is 0.380 e. The molecule has 1 aliphatic rings. The van der Waals surface area contributed by atoms with Crippen molar-refractivity contribution in [3.05, 3.63) is 29.8 Å². The molecule has 0 unspecified atom stereocenters. The summed E-state index contributed by atoms with van der Waals surface area (Å²) in [6, 6.07) is 5.17. The maximum Gasteiger partial charge on any atom is 0.416 e. The number of halogens is 3. The highest BCUT2D eigenvalue weighted by Crippen LogP contribution is 2.38. The summed E-state index contributed by atoms with van der Waals surface area (Å²) >= 11 is 0. The third kappa shape index (κ3) is 2.43. The van der Waals surface area contributed by atoms with Gasteiger partial charge in [-0.3, -0.25) is 0 Å². The third-order valence-corrected chi connectivity index (χ3v) is 2.66. The van der Waals surface area contributed by atoms with E-state index in [4.69, 9.17) is 0 Å². The topological polar surface area (TPSA) is 12.0 Å². The molecule has 1 N–H and O–H groups in total. The standard InChI is InChI=1S/C11H12F3N/c1-10(6-7-10)15-9-4-2-8(3-5-9)11(12,13)14/h2-5,15H,6-7H2,1H3. The molecule has 4 heteroatoms. The lowest BCUT2D eigenvalue weighted by molar-refractivity contribution is -0.137. The van der Waals surface area contributed by atoms with Gasteiger partial charge in [0.05, 0.1) is 5.56 Å². The highest BCUT2D eigenvalue weighted by atomic mass is 19.4. The lowest BCUT2D eigenvalue weighted by Gasteiger charge is -2.14. The monoisotopic (exact) mass is 215 g/mol. The Morgan fingerprint density at radius 3 is 2.07 bits per heavy atom. The number of rotatable bonds is 2. The number of anilines is 1. The van der Waals surface area contributed by atoms with E-state index in [1.54, 1.807) is 0 Å². The highest BCUT2D eigenvalue weighted by molar-refractivity contribution is 5.48. The largest absolute Gasteiger partial charge is 0.416 e. The molecule has 1 saturated carbocycles. The van der Waals surface area contributed by atoms with Crippen LogP contribution in [0.4, 0.5) is 18.9 Å². The van der Waals surface area contributed by atoms with Gasteiger partial charge in [0.1, 0.15) is 0 Å². The van der Waals surface area contributed by atoms with Gasteiger partial charge in [0, 0.05) is 11.2 Å². The zero-order chi connectivity index (χ0) is 11.1. The zero-order valence-electron chi connectivity index (χ0n) is 8.36. The van der Waals surface area contributed by atoms with Crippen molar-refractivity contribution in [1.82, 2.24) is 0 Å². The highest BCUT2D eigenvalue weighted by Gasteiger charge is 2.37. The number of alkyl halides is 3. The normalized spacial score (nSPS) is 18.7. The first-order valence-corrected chi connectivity index (χ1v) is 4.85. The molecule has 15 heavy (non-hydrogen) atoms. The quantitative estimate of drug-likeness (QED) is 0.793. The van der Waals surface area contributed by atoms with Crippen molar-refractivity contribution < 1.29 is 13.2 Å². The van der Waals surface area contributed by atoms with Crippen LogP contribution in [0.3, 0.4) is 0 Å². The number of hydrogen-bond donors (Lipinski definition) is 1. The third-order valence-electron chi connectivity index (χ3n) is 2.66. The van der Waals surface area contributed by atoms with Crippen LogP contribution in [0.1, 0.15) is 25.3 Å². The first kappa shape index (κ1) is 10.3. The minimum absolute atomic E-state index is 0.0970. The SMILES string of the molecule is CC1(Nc2ccc(C(F)(F)F)cc2)CC1. The van der Waals surface area contributed by atoms with Gasteiger partial charge in [-0.25, -0.2) is 0 Å². The maximum atomic E-state index is 12.2. The second-order valence-corrected chi connectivity index (χ2v) is 4.26. The Balaban J connectivity index is 2.10. The molecule has 0 atom stereocenters. The number of benzene rings is 1. The predicted octanol–water partition coefficient (Wildman–Crippen LogP) is 3.67. The van der Waals surface area contributed by atoms with Gasteiger partial charge in [-0.2, -0.15) is 13.2 Å². The second-order valence-electron chi connectivity index (χ2n) is 4.26. The molecule has 0 heterocycles. The Hall–Kier alpha value is -1.19. The molecule has 0 spiro atoms. The molecule has 1 aliphatic carbocycles. The van der Waals surface area contributed by atoms with Crippen LogP contribution in [-0.2, 0) is 6.18 Å². The Labute approximate surface area is 86.3 Å². The van der Waals surface area contributed by atoms with Crippen LogP contribution in [0.25, 0.3) is 0 Å². The van der Waals surface area contributed by atoms with E-state index in [0.717, 1.165) is 30.7 Å². The van der Waals surface area contributed by atoms with Crippen molar-refractivity contribution in [2.45, 2.75) is 31.5 Å². The molecule has 82 valence electrons. The summed E-state index contributed by atoms with van der Waals surface area (Å²) in [7, 11) is 0. The zero-order valence-corrected chi connectivity index (χ0v) is 8.36. The van der Waals surface area contributed by atoms with E-state index in [1.165, 1.54) is 12.1 Å². The van der Waals surface area contributed by atoms with Gasteiger partial charge in [0.25, 0.3) is 0 Å². The van der Waals surface area contributed by atoms with Crippen LogP contribution in [-0.4, -0.2) is 5.54 Å². The average Bonchev–Trinajstić information content (AvgIpc) is 2.82.